The van der Waals surface area contributed by atoms with Crippen molar-refractivity contribution in [2.45, 2.75) is 4.90 Å². The molecule has 0 radical (unpaired) electrons. The van der Waals surface area contributed by atoms with Gasteiger partial charge in [-0.05, 0) is 41.9 Å². The van der Waals surface area contributed by atoms with Crippen LogP contribution in [-0.2, 0) is 14.9 Å². The standard InChI is InChI=1S/C17H15ClN4O4S2/c1-22(26-2)28(24,25)16-9-12(5-8-14(16)18)17(23)19-13-6-3-11(4-7-13)15-10-27-21-20-15/h3-10H,1-2H3,(H,19,23). The summed E-state index contributed by atoms with van der Waals surface area (Å²) < 4.78 is 29.4. The first kappa shape index (κ1) is 20.4. The highest BCUT2D eigenvalue weighted by Crippen LogP contribution is 2.26. The van der Waals surface area contributed by atoms with Gasteiger partial charge in [0.1, 0.15) is 10.6 Å². The van der Waals surface area contributed by atoms with E-state index in [0.717, 1.165) is 11.3 Å². The smallest absolute Gasteiger partial charge is 0.266 e. The highest BCUT2D eigenvalue weighted by Gasteiger charge is 2.25. The van der Waals surface area contributed by atoms with Crippen molar-refractivity contribution in [2.75, 3.05) is 19.5 Å². The molecule has 0 fully saturated rings. The van der Waals surface area contributed by atoms with Gasteiger partial charge in [-0.3, -0.25) is 9.63 Å². The number of hydrogen-bond donors (Lipinski definition) is 1. The van der Waals surface area contributed by atoms with E-state index >= 15 is 0 Å². The second-order valence-electron chi connectivity index (χ2n) is 5.56. The molecular weight excluding hydrogens is 424 g/mol. The number of carbonyl (C=O) groups is 1. The Balaban J connectivity index is 1.82. The van der Waals surface area contributed by atoms with Crippen LogP contribution in [0.2, 0.25) is 5.02 Å². The summed E-state index contributed by atoms with van der Waals surface area (Å²) >= 11 is 7.26. The Labute approximate surface area is 170 Å². The lowest BCUT2D eigenvalue weighted by Gasteiger charge is -2.16. The van der Waals surface area contributed by atoms with Crippen LogP contribution >= 0.6 is 23.1 Å². The number of amides is 1. The molecule has 2 aromatic carbocycles. The van der Waals surface area contributed by atoms with Gasteiger partial charge in [-0.25, -0.2) is 8.42 Å². The lowest BCUT2D eigenvalue weighted by atomic mass is 10.1. The molecule has 146 valence electrons. The molecule has 0 atom stereocenters. The van der Waals surface area contributed by atoms with Gasteiger partial charge >= 0.3 is 0 Å². The van der Waals surface area contributed by atoms with Crippen molar-refractivity contribution in [3.05, 3.63) is 58.4 Å². The minimum absolute atomic E-state index is 0.0123. The van der Waals surface area contributed by atoms with Gasteiger partial charge in [-0.15, -0.1) is 5.10 Å². The maximum Gasteiger partial charge on any atom is 0.266 e. The molecule has 0 bridgehead atoms. The van der Waals surface area contributed by atoms with E-state index in [1.807, 2.05) is 5.38 Å². The van der Waals surface area contributed by atoms with E-state index in [9.17, 15) is 13.2 Å². The predicted molar refractivity (Wildman–Crippen MR) is 107 cm³/mol. The molecule has 8 nitrogen and oxygen atoms in total. The van der Waals surface area contributed by atoms with Gasteiger partial charge in [0.05, 0.1) is 12.1 Å². The Morgan fingerprint density at radius 2 is 1.93 bits per heavy atom. The molecule has 0 saturated heterocycles. The Hall–Kier alpha value is -2.37. The van der Waals surface area contributed by atoms with Gasteiger partial charge in [-0.2, -0.15) is 0 Å². The normalized spacial score (nSPS) is 11.6. The average Bonchev–Trinajstić information content (AvgIpc) is 3.22. The molecule has 1 heterocycles. The van der Waals surface area contributed by atoms with E-state index in [0.29, 0.717) is 10.2 Å². The molecule has 3 rings (SSSR count). The molecule has 0 aliphatic heterocycles. The van der Waals surface area contributed by atoms with Crippen LogP contribution in [0.3, 0.4) is 0 Å². The summed E-state index contributed by atoms with van der Waals surface area (Å²) in [6.45, 7) is 0. The molecule has 11 heteroatoms. The molecule has 0 spiro atoms. The molecular formula is C17H15ClN4O4S2. The minimum Gasteiger partial charge on any atom is -0.322 e. The van der Waals surface area contributed by atoms with Gasteiger partial charge in [-0.1, -0.05) is 32.7 Å². The van der Waals surface area contributed by atoms with Crippen LogP contribution in [0.15, 0.2) is 52.7 Å². The van der Waals surface area contributed by atoms with Crippen LogP contribution < -0.4 is 5.32 Å². The maximum absolute atomic E-state index is 12.5. The average molecular weight is 439 g/mol. The Morgan fingerprint density at radius 1 is 1.21 bits per heavy atom. The third-order valence-corrected chi connectivity index (χ3v) is 6.53. The summed E-state index contributed by atoms with van der Waals surface area (Å²) in [5, 5.41) is 8.51. The van der Waals surface area contributed by atoms with Crippen LogP contribution in [0.5, 0.6) is 0 Å². The Morgan fingerprint density at radius 3 is 2.54 bits per heavy atom. The van der Waals surface area contributed by atoms with Crippen LogP contribution in [-0.4, -0.2) is 42.5 Å². The summed E-state index contributed by atoms with van der Waals surface area (Å²) in [5.41, 5.74) is 2.30. The third kappa shape index (κ3) is 4.21. The first-order chi connectivity index (χ1) is 13.3. The topological polar surface area (TPSA) is 101 Å². The number of benzene rings is 2. The third-order valence-electron chi connectivity index (χ3n) is 3.87. The first-order valence-electron chi connectivity index (χ1n) is 7.84. The lowest BCUT2D eigenvalue weighted by molar-refractivity contribution is -0.0258. The van der Waals surface area contributed by atoms with E-state index in [4.69, 9.17) is 16.4 Å². The molecule has 0 unspecified atom stereocenters. The van der Waals surface area contributed by atoms with Crippen molar-refractivity contribution < 1.29 is 18.0 Å². The molecule has 1 aromatic heterocycles. The number of nitrogens with zero attached hydrogens (tertiary/aromatic N) is 3. The van der Waals surface area contributed by atoms with E-state index in [1.54, 1.807) is 24.3 Å². The number of anilines is 1. The number of halogens is 1. The number of nitrogens with one attached hydrogen (secondary N) is 1. The highest BCUT2D eigenvalue weighted by atomic mass is 35.5. The number of aromatic nitrogens is 2. The summed E-state index contributed by atoms with van der Waals surface area (Å²) in [6, 6.07) is 11.1. The van der Waals surface area contributed by atoms with Crippen molar-refractivity contribution in [1.29, 1.82) is 0 Å². The second-order valence-corrected chi connectivity index (χ2v) is 8.49. The molecule has 0 aliphatic carbocycles. The molecule has 3 aromatic rings. The van der Waals surface area contributed by atoms with Gasteiger partial charge < -0.3 is 5.32 Å². The quantitative estimate of drug-likeness (QED) is 0.592. The monoisotopic (exact) mass is 438 g/mol. The minimum atomic E-state index is -3.99. The van der Waals surface area contributed by atoms with Crippen molar-refractivity contribution in [1.82, 2.24) is 14.1 Å². The van der Waals surface area contributed by atoms with E-state index in [-0.39, 0.29) is 15.5 Å². The fourth-order valence-corrected chi connectivity index (χ4v) is 4.24. The zero-order chi connectivity index (χ0) is 20.3. The van der Waals surface area contributed by atoms with E-state index < -0.39 is 15.9 Å². The highest BCUT2D eigenvalue weighted by molar-refractivity contribution is 7.89. The van der Waals surface area contributed by atoms with E-state index in [1.165, 1.54) is 43.9 Å². The number of rotatable bonds is 6. The second kappa shape index (κ2) is 8.33. The predicted octanol–water partition coefficient (Wildman–Crippen LogP) is 3.29. The molecule has 0 aliphatic rings. The van der Waals surface area contributed by atoms with Gasteiger partial charge in [0.2, 0.25) is 0 Å². The first-order valence-corrected chi connectivity index (χ1v) is 10.5. The lowest BCUT2D eigenvalue weighted by Crippen LogP contribution is -2.26. The zero-order valence-electron chi connectivity index (χ0n) is 14.8. The summed E-state index contributed by atoms with van der Waals surface area (Å²) in [7, 11) is -1.54. The van der Waals surface area contributed by atoms with Gasteiger partial charge in [0.25, 0.3) is 15.9 Å². The van der Waals surface area contributed by atoms with Gasteiger partial charge in [0.15, 0.2) is 0 Å². The fraction of sp³-hybridized carbons (Fsp3) is 0.118. The van der Waals surface area contributed by atoms with Crippen molar-refractivity contribution in [2.24, 2.45) is 0 Å². The maximum atomic E-state index is 12.5. The van der Waals surface area contributed by atoms with Crippen molar-refractivity contribution in [3.8, 4) is 11.3 Å². The summed E-state index contributed by atoms with van der Waals surface area (Å²) in [5.74, 6) is -0.476. The van der Waals surface area contributed by atoms with Crippen molar-refractivity contribution >= 4 is 44.8 Å². The van der Waals surface area contributed by atoms with E-state index in [2.05, 4.69) is 14.9 Å². The van der Waals surface area contributed by atoms with Crippen LogP contribution in [0.25, 0.3) is 11.3 Å². The zero-order valence-corrected chi connectivity index (χ0v) is 17.2. The Bertz CT molecular complexity index is 1090. The SMILES string of the molecule is CON(C)S(=O)(=O)c1cc(C(=O)Nc2ccc(-c3csnn3)cc2)ccc1Cl. The fourth-order valence-electron chi connectivity index (χ4n) is 2.30. The molecule has 1 N–H and O–H groups in total. The van der Waals surface area contributed by atoms with Crippen LogP contribution in [0.4, 0.5) is 5.69 Å². The largest absolute Gasteiger partial charge is 0.322 e. The van der Waals surface area contributed by atoms with Crippen LogP contribution in [0.1, 0.15) is 10.4 Å². The number of hydroxylamine groups is 1. The number of sulfonamides is 1. The molecule has 28 heavy (non-hydrogen) atoms. The Kier molecular flexibility index (Phi) is 6.06. The molecule has 0 saturated carbocycles. The number of carbonyl (C=O) groups excluding carboxylic acids is 1. The number of hydrogen-bond acceptors (Lipinski definition) is 7. The van der Waals surface area contributed by atoms with Crippen molar-refractivity contribution in [3.63, 3.8) is 0 Å². The summed E-state index contributed by atoms with van der Waals surface area (Å²) in [6.07, 6.45) is 0. The van der Waals surface area contributed by atoms with Crippen LogP contribution in [0, 0.1) is 0 Å². The summed E-state index contributed by atoms with van der Waals surface area (Å²) in [4.78, 5) is 17.1. The van der Waals surface area contributed by atoms with Gasteiger partial charge in [0, 0.05) is 29.2 Å². The molecule has 1 amide bonds.